The van der Waals surface area contributed by atoms with Crippen LogP contribution >= 0.6 is 0 Å². The number of nitrogen functional groups attached to an aromatic ring is 1. The van der Waals surface area contributed by atoms with Gasteiger partial charge >= 0.3 is 0 Å². The third-order valence-electron chi connectivity index (χ3n) is 2.71. The second kappa shape index (κ2) is 5.39. The molecule has 0 aliphatic rings. The maximum Gasteiger partial charge on any atom is 0.252 e. The summed E-state index contributed by atoms with van der Waals surface area (Å²) in [5.74, 6) is -0.00231. The van der Waals surface area contributed by atoms with Gasteiger partial charge in [0.1, 0.15) is 5.82 Å². The van der Waals surface area contributed by atoms with Gasteiger partial charge in [0.25, 0.3) is 5.91 Å². The molecule has 0 unspecified atom stereocenters. The van der Waals surface area contributed by atoms with E-state index < -0.39 is 5.91 Å². The summed E-state index contributed by atoms with van der Waals surface area (Å²) >= 11 is 0. The third kappa shape index (κ3) is 3.22. The average molecular weight is 256 g/mol. The summed E-state index contributed by atoms with van der Waals surface area (Å²) in [7, 11) is 0. The van der Waals surface area contributed by atoms with E-state index in [9.17, 15) is 4.79 Å². The first-order valence-electron chi connectivity index (χ1n) is 5.92. The van der Waals surface area contributed by atoms with Crippen LogP contribution in [-0.2, 0) is 6.54 Å². The molecule has 5 heteroatoms. The Morgan fingerprint density at radius 3 is 2.79 bits per heavy atom. The molecule has 1 heterocycles. The number of nitrogens with zero attached hydrogens (tertiary/aromatic N) is 1. The number of benzene rings is 1. The van der Waals surface area contributed by atoms with Crippen molar-refractivity contribution in [3.63, 3.8) is 0 Å². The van der Waals surface area contributed by atoms with Gasteiger partial charge in [-0.2, -0.15) is 0 Å². The van der Waals surface area contributed by atoms with E-state index in [1.54, 1.807) is 12.1 Å². The monoisotopic (exact) mass is 256 g/mol. The number of pyridine rings is 1. The number of hydrogen-bond donors (Lipinski definition) is 3. The highest BCUT2D eigenvalue weighted by Gasteiger charge is 2.09. The van der Waals surface area contributed by atoms with E-state index in [1.807, 2.05) is 31.2 Å². The van der Waals surface area contributed by atoms with Crippen molar-refractivity contribution in [3.8, 4) is 0 Å². The molecular weight excluding hydrogens is 240 g/mol. The molecule has 0 spiro atoms. The Hall–Kier alpha value is -2.56. The molecule has 0 saturated carbocycles. The first kappa shape index (κ1) is 12.9. The van der Waals surface area contributed by atoms with E-state index >= 15 is 0 Å². The lowest BCUT2D eigenvalue weighted by Crippen LogP contribution is -2.15. The Bertz CT molecular complexity index is 610. The molecule has 0 fully saturated rings. The number of hydrogen-bond acceptors (Lipinski definition) is 4. The molecule has 0 aliphatic carbocycles. The van der Waals surface area contributed by atoms with E-state index in [2.05, 4.69) is 10.3 Å². The van der Waals surface area contributed by atoms with Gasteiger partial charge in [0, 0.05) is 17.9 Å². The van der Waals surface area contributed by atoms with Gasteiger partial charge in [0.15, 0.2) is 0 Å². The van der Waals surface area contributed by atoms with Gasteiger partial charge in [0.05, 0.1) is 5.56 Å². The topological polar surface area (TPSA) is 94.0 Å². The quantitative estimate of drug-likeness (QED) is 0.725. The van der Waals surface area contributed by atoms with Crippen molar-refractivity contribution in [2.24, 2.45) is 5.73 Å². The summed E-state index contributed by atoms with van der Waals surface area (Å²) in [4.78, 5) is 15.6. The van der Waals surface area contributed by atoms with Crippen LogP contribution in [0, 0.1) is 6.92 Å². The summed E-state index contributed by atoms with van der Waals surface area (Å²) < 4.78 is 0. The van der Waals surface area contributed by atoms with Crippen LogP contribution in [0.15, 0.2) is 36.4 Å². The zero-order valence-corrected chi connectivity index (χ0v) is 10.7. The molecule has 0 atom stereocenters. The number of nitrogens with two attached hydrogens (primary N) is 2. The molecule has 0 radical (unpaired) electrons. The summed E-state index contributed by atoms with van der Waals surface area (Å²) in [5.41, 5.74) is 13.9. The van der Waals surface area contributed by atoms with Crippen LogP contribution in [0.5, 0.6) is 0 Å². The van der Waals surface area contributed by atoms with Gasteiger partial charge in [-0.1, -0.05) is 12.1 Å². The molecule has 2 rings (SSSR count). The molecule has 98 valence electrons. The van der Waals surface area contributed by atoms with Gasteiger partial charge < -0.3 is 16.8 Å². The molecule has 1 aromatic heterocycles. The highest BCUT2D eigenvalue weighted by molar-refractivity contribution is 5.97. The number of amides is 1. The molecule has 0 saturated heterocycles. The van der Waals surface area contributed by atoms with Crippen molar-refractivity contribution < 1.29 is 4.79 Å². The summed E-state index contributed by atoms with van der Waals surface area (Å²) in [6, 6.07) is 10.9. The zero-order chi connectivity index (χ0) is 13.8. The van der Waals surface area contributed by atoms with Crippen LogP contribution in [0.4, 0.5) is 11.5 Å². The van der Waals surface area contributed by atoms with Crippen LogP contribution < -0.4 is 16.8 Å². The Balaban J connectivity index is 2.19. The summed E-state index contributed by atoms with van der Waals surface area (Å²) in [6.45, 7) is 2.39. The highest BCUT2D eigenvalue weighted by Crippen LogP contribution is 2.15. The van der Waals surface area contributed by atoms with E-state index in [0.29, 0.717) is 23.6 Å². The lowest BCUT2D eigenvalue weighted by molar-refractivity contribution is 0.100. The maximum absolute atomic E-state index is 11.3. The van der Waals surface area contributed by atoms with Crippen molar-refractivity contribution in [2.75, 3.05) is 11.1 Å². The predicted molar refractivity (Wildman–Crippen MR) is 75.7 cm³/mol. The van der Waals surface area contributed by atoms with Crippen molar-refractivity contribution in [2.45, 2.75) is 13.5 Å². The van der Waals surface area contributed by atoms with Crippen LogP contribution in [-0.4, -0.2) is 10.9 Å². The van der Waals surface area contributed by atoms with Crippen LogP contribution in [0.3, 0.4) is 0 Å². The first-order valence-corrected chi connectivity index (χ1v) is 5.92. The Morgan fingerprint density at radius 2 is 2.11 bits per heavy atom. The fourth-order valence-corrected chi connectivity index (χ4v) is 1.78. The Labute approximate surface area is 111 Å². The molecule has 2 aromatic rings. The van der Waals surface area contributed by atoms with Crippen molar-refractivity contribution in [3.05, 3.63) is 53.2 Å². The molecular formula is C14H16N4O. The average Bonchev–Trinajstić information content (AvgIpc) is 2.36. The van der Waals surface area contributed by atoms with Gasteiger partial charge in [-0.3, -0.25) is 4.79 Å². The van der Waals surface area contributed by atoms with Gasteiger partial charge in [-0.25, -0.2) is 4.98 Å². The second-order valence-corrected chi connectivity index (χ2v) is 4.31. The van der Waals surface area contributed by atoms with Crippen molar-refractivity contribution >= 4 is 17.4 Å². The zero-order valence-electron chi connectivity index (χ0n) is 10.7. The second-order valence-electron chi connectivity index (χ2n) is 4.31. The van der Waals surface area contributed by atoms with E-state index in [4.69, 9.17) is 11.5 Å². The van der Waals surface area contributed by atoms with Crippen molar-refractivity contribution in [1.82, 2.24) is 4.98 Å². The van der Waals surface area contributed by atoms with Crippen molar-refractivity contribution in [1.29, 1.82) is 0 Å². The smallest absolute Gasteiger partial charge is 0.252 e. The number of primary amides is 1. The minimum Gasteiger partial charge on any atom is -0.399 e. The first-order chi connectivity index (χ1) is 9.06. The predicted octanol–water partition coefficient (Wildman–Crippen LogP) is 1.68. The number of aryl methyl sites for hydroxylation is 1. The minimum absolute atomic E-state index is 0.384. The highest BCUT2D eigenvalue weighted by atomic mass is 16.1. The fraction of sp³-hybridized carbons (Fsp3) is 0.143. The lowest BCUT2D eigenvalue weighted by atomic mass is 10.2. The van der Waals surface area contributed by atoms with Crippen LogP contribution in [0.2, 0.25) is 0 Å². The normalized spacial score (nSPS) is 10.2. The maximum atomic E-state index is 11.3. The van der Waals surface area contributed by atoms with E-state index in [-0.39, 0.29) is 0 Å². The number of nitrogens with one attached hydrogen (secondary N) is 1. The van der Waals surface area contributed by atoms with E-state index in [0.717, 1.165) is 11.3 Å². The number of anilines is 2. The lowest BCUT2D eigenvalue weighted by Gasteiger charge is -2.10. The number of carbonyl (C=O) groups is 1. The molecule has 0 aliphatic heterocycles. The summed E-state index contributed by atoms with van der Waals surface area (Å²) in [6.07, 6.45) is 0. The third-order valence-corrected chi connectivity index (χ3v) is 2.71. The Morgan fingerprint density at radius 1 is 1.32 bits per heavy atom. The van der Waals surface area contributed by atoms with Crippen LogP contribution in [0.25, 0.3) is 0 Å². The molecule has 5 N–H and O–H groups in total. The van der Waals surface area contributed by atoms with Crippen LogP contribution in [0.1, 0.15) is 21.6 Å². The number of carbonyl (C=O) groups excluding carboxylic acids is 1. The summed E-state index contributed by atoms with van der Waals surface area (Å²) in [5, 5.41) is 3.11. The number of aromatic nitrogens is 1. The Kier molecular flexibility index (Phi) is 3.66. The fourth-order valence-electron chi connectivity index (χ4n) is 1.78. The minimum atomic E-state index is -0.498. The van der Waals surface area contributed by atoms with E-state index in [1.165, 1.54) is 0 Å². The largest absolute Gasteiger partial charge is 0.399 e. The molecule has 19 heavy (non-hydrogen) atoms. The van der Waals surface area contributed by atoms with Gasteiger partial charge in [-0.15, -0.1) is 0 Å². The molecule has 1 amide bonds. The molecule has 5 nitrogen and oxygen atoms in total. The SMILES string of the molecule is Cc1ccc(C(N)=O)c(NCc2cccc(N)c2)n1. The van der Waals surface area contributed by atoms with Gasteiger partial charge in [-0.05, 0) is 36.8 Å². The molecule has 1 aromatic carbocycles. The molecule has 0 bridgehead atoms. The standard InChI is InChI=1S/C14H16N4O/c1-9-5-6-12(13(16)19)14(18-9)17-8-10-3-2-4-11(15)7-10/h2-7H,8,15H2,1H3,(H2,16,19)(H,17,18). The number of rotatable bonds is 4. The van der Waals surface area contributed by atoms with Gasteiger partial charge in [0.2, 0.25) is 0 Å².